The SMILES string of the molecule is C=CCc1nnn([C@@H](Cc2ccccc2)C(=O)O)c1CNCc1ccccc1. The molecular weight excluding hydrogens is 352 g/mol. The molecule has 144 valence electrons. The number of carboxylic acids is 1. The fraction of sp³-hybridized carbons (Fsp3) is 0.227. The minimum absolute atomic E-state index is 0.346. The first-order chi connectivity index (χ1) is 13.7. The van der Waals surface area contributed by atoms with Crippen molar-refractivity contribution >= 4 is 5.97 Å². The van der Waals surface area contributed by atoms with E-state index in [2.05, 4.69) is 22.2 Å². The van der Waals surface area contributed by atoms with Crippen LogP contribution in [0, 0.1) is 0 Å². The molecule has 2 aromatic carbocycles. The van der Waals surface area contributed by atoms with Gasteiger partial charge < -0.3 is 10.4 Å². The van der Waals surface area contributed by atoms with Crippen LogP contribution in [-0.4, -0.2) is 26.1 Å². The molecular formula is C22H24N4O2. The molecule has 6 nitrogen and oxygen atoms in total. The Morgan fingerprint density at radius 3 is 2.32 bits per heavy atom. The van der Waals surface area contributed by atoms with Gasteiger partial charge in [-0.05, 0) is 11.1 Å². The Bertz CT molecular complexity index is 907. The fourth-order valence-electron chi connectivity index (χ4n) is 3.11. The molecule has 28 heavy (non-hydrogen) atoms. The predicted octanol–water partition coefficient (Wildman–Crippen LogP) is 3.16. The maximum Gasteiger partial charge on any atom is 0.328 e. The normalized spacial score (nSPS) is 11.9. The number of aromatic nitrogens is 3. The summed E-state index contributed by atoms with van der Waals surface area (Å²) in [4.78, 5) is 12.0. The van der Waals surface area contributed by atoms with Crippen LogP contribution in [0.2, 0.25) is 0 Å². The van der Waals surface area contributed by atoms with Crippen LogP contribution in [0.25, 0.3) is 0 Å². The van der Waals surface area contributed by atoms with Gasteiger partial charge in [0.25, 0.3) is 0 Å². The summed E-state index contributed by atoms with van der Waals surface area (Å²) in [6, 6.07) is 18.8. The highest BCUT2D eigenvalue weighted by Crippen LogP contribution is 2.19. The molecule has 0 amide bonds. The molecule has 3 aromatic rings. The Kier molecular flexibility index (Phi) is 6.70. The first-order valence-corrected chi connectivity index (χ1v) is 9.24. The van der Waals surface area contributed by atoms with E-state index >= 15 is 0 Å². The van der Waals surface area contributed by atoms with Crippen LogP contribution in [0.3, 0.4) is 0 Å². The third kappa shape index (κ3) is 4.92. The minimum atomic E-state index is -0.928. The highest BCUT2D eigenvalue weighted by Gasteiger charge is 2.25. The number of nitrogens with one attached hydrogen (secondary N) is 1. The molecule has 0 aliphatic carbocycles. The molecule has 1 heterocycles. The molecule has 0 saturated carbocycles. The molecule has 2 N–H and O–H groups in total. The first kappa shape index (κ1) is 19.5. The second-order valence-corrected chi connectivity index (χ2v) is 6.55. The molecule has 0 aliphatic heterocycles. The smallest absolute Gasteiger partial charge is 0.328 e. The number of allylic oxidation sites excluding steroid dienone is 1. The Labute approximate surface area is 164 Å². The minimum Gasteiger partial charge on any atom is -0.480 e. The summed E-state index contributed by atoms with van der Waals surface area (Å²) in [5.74, 6) is -0.928. The van der Waals surface area contributed by atoms with E-state index in [1.165, 1.54) is 4.68 Å². The van der Waals surface area contributed by atoms with Gasteiger partial charge >= 0.3 is 5.97 Å². The number of carboxylic acid groups (broad SMARTS) is 1. The zero-order valence-corrected chi connectivity index (χ0v) is 15.7. The molecule has 0 radical (unpaired) electrons. The van der Waals surface area contributed by atoms with Crippen molar-refractivity contribution in [3.05, 3.63) is 95.8 Å². The van der Waals surface area contributed by atoms with Crippen LogP contribution in [0.15, 0.2) is 73.3 Å². The topological polar surface area (TPSA) is 80.0 Å². The average molecular weight is 376 g/mol. The standard InChI is InChI=1S/C22H24N4O2/c1-2-9-19-21(16-23-15-18-12-7-4-8-13-18)26(25-24-19)20(22(27)28)14-17-10-5-3-6-11-17/h2-8,10-13,20,23H,1,9,14-16H2,(H,27,28)/t20-/m0/s1. The van der Waals surface area contributed by atoms with E-state index in [9.17, 15) is 9.90 Å². The van der Waals surface area contributed by atoms with Gasteiger partial charge in [0.05, 0.1) is 11.4 Å². The lowest BCUT2D eigenvalue weighted by atomic mass is 10.1. The molecule has 0 spiro atoms. The molecule has 3 rings (SSSR count). The van der Waals surface area contributed by atoms with Crippen LogP contribution in [0.4, 0.5) is 0 Å². The number of rotatable bonds is 10. The van der Waals surface area contributed by atoms with Gasteiger partial charge in [-0.3, -0.25) is 0 Å². The van der Waals surface area contributed by atoms with Gasteiger partial charge in [0.15, 0.2) is 6.04 Å². The van der Waals surface area contributed by atoms with Gasteiger partial charge in [-0.15, -0.1) is 11.7 Å². The van der Waals surface area contributed by atoms with Crippen LogP contribution < -0.4 is 5.32 Å². The van der Waals surface area contributed by atoms with Crippen molar-refractivity contribution in [3.8, 4) is 0 Å². The fourth-order valence-corrected chi connectivity index (χ4v) is 3.11. The number of carbonyl (C=O) groups is 1. The van der Waals surface area contributed by atoms with Crippen molar-refractivity contribution < 1.29 is 9.90 Å². The second-order valence-electron chi connectivity index (χ2n) is 6.55. The summed E-state index contributed by atoms with van der Waals surface area (Å²) >= 11 is 0. The molecule has 1 atom stereocenters. The van der Waals surface area contributed by atoms with Crippen molar-refractivity contribution in [1.29, 1.82) is 0 Å². The third-order valence-corrected chi connectivity index (χ3v) is 4.53. The number of benzene rings is 2. The maximum absolute atomic E-state index is 12.0. The molecule has 1 aromatic heterocycles. The van der Waals surface area contributed by atoms with Gasteiger partial charge in [0, 0.05) is 25.9 Å². The Hall–Kier alpha value is -3.25. The van der Waals surface area contributed by atoms with Crippen molar-refractivity contribution in [2.24, 2.45) is 0 Å². The van der Waals surface area contributed by atoms with Crippen LogP contribution in [0.5, 0.6) is 0 Å². The van der Waals surface area contributed by atoms with Crippen LogP contribution >= 0.6 is 0 Å². The zero-order valence-electron chi connectivity index (χ0n) is 15.7. The molecule has 0 aliphatic rings. The predicted molar refractivity (Wildman–Crippen MR) is 108 cm³/mol. The van der Waals surface area contributed by atoms with Crippen molar-refractivity contribution in [2.45, 2.75) is 32.0 Å². The van der Waals surface area contributed by atoms with E-state index in [0.717, 1.165) is 22.5 Å². The number of hydrogen-bond acceptors (Lipinski definition) is 4. The number of aliphatic carboxylic acids is 1. The molecule has 0 bridgehead atoms. The summed E-state index contributed by atoms with van der Waals surface area (Å²) < 4.78 is 1.53. The summed E-state index contributed by atoms with van der Waals surface area (Å²) in [7, 11) is 0. The average Bonchev–Trinajstić information content (AvgIpc) is 3.10. The van der Waals surface area contributed by atoms with E-state index < -0.39 is 12.0 Å². The number of nitrogens with zero attached hydrogens (tertiary/aromatic N) is 3. The Balaban J connectivity index is 1.82. The lowest BCUT2D eigenvalue weighted by molar-refractivity contribution is -0.141. The zero-order chi connectivity index (χ0) is 19.8. The van der Waals surface area contributed by atoms with E-state index in [1.54, 1.807) is 6.08 Å². The van der Waals surface area contributed by atoms with Gasteiger partial charge in [-0.1, -0.05) is 72.0 Å². The maximum atomic E-state index is 12.0. The van der Waals surface area contributed by atoms with E-state index in [0.29, 0.717) is 25.9 Å². The van der Waals surface area contributed by atoms with E-state index in [1.807, 2.05) is 60.7 Å². The van der Waals surface area contributed by atoms with Crippen molar-refractivity contribution in [3.63, 3.8) is 0 Å². The molecule has 6 heteroatoms. The summed E-state index contributed by atoms with van der Waals surface area (Å²) in [5, 5.41) is 21.6. The summed E-state index contributed by atoms with van der Waals surface area (Å²) in [6.45, 7) is 4.92. The molecule has 0 saturated heterocycles. The molecule has 0 unspecified atom stereocenters. The lowest BCUT2D eigenvalue weighted by Gasteiger charge is -2.16. The quantitative estimate of drug-likeness (QED) is 0.531. The molecule has 0 fully saturated rings. The van der Waals surface area contributed by atoms with Gasteiger partial charge in [-0.25, -0.2) is 9.48 Å². The second kappa shape index (κ2) is 9.62. The van der Waals surface area contributed by atoms with E-state index in [4.69, 9.17) is 0 Å². The Morgan fingerprint density at radius 1 is 1.07 bits per heavy atom. The van der Waals surface area contributed by atoms with Gasteiger partial charge in [0.2, 0.25) is 0 Å². The Morgan fingerprint density at radius 2 is 1.71 bits per heavy atom. The van der Waals surface area contributed by atoms with Crippen LogP contribution in [-0.2, 0) is 30.7 Å². The largest absolute Gasteiger partial charge is 0.480 e. The highest BCUT2D eigenvalue weighted by atomic mass is 16.4. The van der Waals surface area contributed by atoms with E-state index in [-0.39, 0.29) is 0 Å². The first-order valence-electron chi connectivity index (χ1n) is 9.24. The summed E-state index contributed by atoms with van der Waals surface area (Å²) in [5.41, 5.74) is 3.62. The summed E-state index contributed by atoms with van der Waals surface area (Å²) in [6.07, 6.45) is 2.64. The highest BCUT2D eigenvalue weighted by molar-refractivity contribution is 5.72. The third-order valence-electron chi connectivity index (χ3n) is 4.53. The van der Waals surface area contributed by atoms with Gasteiger partial charge in [-0.2, -0.15) is 0 Å². The number of hydrogen-bond donors (Lipinski definition) is 2. The van der Waals surface area contributed by atoms with Crippen molar-refractivity contribution in [2.75, 3.05) is 0 Å². The lowest BCUT2D eigenvalue weighted by Crippen LogP contribution is -2.26. The van der Waals surface area contributed by atoms with Crippen LogP contribution in [0.1, 0.15) is 28.6 Å². The van der Waals surface area contributed by atoms with Crippen molar-refractivity contribution in [1.82, 2.24) is 20.3 Å². The van der Waals surface area contributed by atoms with Gasteiger partial charge in [0.1, 0.15) is 0 Å². The monoisotopic (exact) mass is 376 g/mol.